The first kappa shape index (κ1) is 28.9. The Morgan fingerprint density at radius 2 is 1.89 bits per heavy atom. The highest BCUT2D eigenvalue weighted by molar-refractivity contribution is 6.30. The minimum absolute atomic E-state index is 0.0544. The number of aliphatic hydroxyl groups excluding tert-OH is 1. The van der Waals surface area contributed by atoms with Crippen LogP contribution in [0.1, 0.15) is 50.2 Å². The number of aliphatic hydroxyl groups is 1. The number of ether oxygens (including phenoxy) is 2. The highest BCUT2D eigenvalue weighted by Crippen LogP contribution is 2.33. The molecule has 0 aromatic heterocycles. The number of hydrogen-bond acceptors (Lipinski definition) is 6. The molecule has 3 unspecified atom stereocenters. The number of carbonyl (C=O) groups is 2. The summed E-state index contributed by atoms with van der Waals surface area (Å²) in [7, 11) is 1.87. The first-order valence-corrected chi connectivity index (χ1v) is 13.2. The molecule has 0 saturated heterocycles. The molecule has 3 N–H and O–H groups in total. The van der Waals surface area contributed by atoms with Gasteiger partial charge >= 0.3 is 11.9 Å². The number of allylic oxidation sites excluding steroid dienone is 1. The van der Waals surface area contributed by atoms with Crippen LogP contribution < -0.4 is 15.0 Å². The number of nitrogens with one attached hydrogen (secondary N) is 2. The van der Waals surface area contributed by atoms with E-state index in [1.807, 2.05) is 50.4 Å². The van der Waals surface area contributed by atoms with E-state index in [0.29, 0.717) is 40.8 Å². The molecule has 1 aliphatic rings. The molecule has 8 heteroatoms. The van der Waals surface area contributed by atoms with E-state index in [1.54, 1.807) is 12.1 Å². The third-order valence-corrected chi connectivity index (χ3v) is 7.00. The molecule has 3 atom stereocenters. The monoisotopic (exact) mass is 529 g/mol. The molecule has 0 radical (unpaired) electrons. The number of benzene rings is 2. The molecule has 7 nitrogen and oxygen atoms in total. The fourth-order valence-corrected chi connectivity index (χ4v) is 4.78. The van der Waals surface area contributed by atoms with Gasteiger partial charge in [0.25, 0.3) is 0 Å². The van der Waals surface area contributed by atoms with Gasteiger partial charge in [-0.3, -0.25) is 0 Å². The van der Waals surface area contributed by atoms with Gasteiger partial charge in [0.2, 0.25) is 0 Å². The van der Waals surface area contributed by atoms with E-state index in [4.69, 9.17) is 21.1 Å². The zero-order chi connectivity index (χ0) is 26.8. The summed E-state index contributed by atoms with van der Waals surface area (Å²) < 4.78 is 11.4. The van der Waals surface area contributed by atoms with Crippen molar-refractivity contribution in [2.45, 2.75) is 45.6 Å². The summed E-state index contributed by atoms with van der Waals surface area (Å²) >= 11 is 6.09. The highest BCUT2D eigenvalue weighted by atomic mass is 35.5. The molecule has 2 aromatic rings. The van der Waals surface area contributed by atoms with Gasteiger partial charge in [-0.1, -0.05) is 42.8 Å². The number of esters is 1. The Labute approximate surface area is 224 Å². The molecule has 0 fully saturated rings. The Bertz CT molecular complexity index is 1070. The van der Waals surface area contributed by atoms with Crippen LogP contribution in [-0.4, -0.2) is 50.3 Å². The lowest BCUT2D eigenvalue weighted by Crippen LogP contribution is -3.14. The lowest BCUT2D eigenvalue weighted by atomic mass is 9.83. The van der Waals surface area contributed by atoms with E-state index in [1.165, 1.54) is 0 Å². The normalized spacial score (nSPS) is 18.6. The lowest BCUT2D eigenvalue weighted by Gasteiger charge is -2.31. The molecule has 1 heterocycles. The molecule has 0 spiro atoms. The summed E-state index contributed by atoms with van der Waals surface area (Å²) in [6.45, 7) is 6.06. The minimum Gasteiger partial charge on any atom is -0.492 e. The van der Waals surface area contributed by atoms with Crippen LogP contribution in [0.4, 0.5) is 0 Å². The molecule has 200 valence electrons. The smallest absolute Gasteiger partial charge is 0.340 e. The van der Waals surface area contributed by atoms with Crippen LogP contribution in [0.3, 0.4) is 0 Å². The summed E-state index contributed by atoms with van der Waals surface area (Å²) in [5, 5.41) is 12.8. The van der Waals surface area contributed by atoms with Crippen LogP contribution in [0, 0.1) is 5.92 Å². The Morgan fingerprint density at radius 3 is 2.54 bits per heavy atom. The van der Waals surface area contributed by atoms with E-state index >= 15 is 0 Å². The predicted molar refractivity (Wildman–Crippen MR) is 143 cm³/mol. The maximum Gasteiger partial charge on any atom is 0.340 e. The summed E-state index contributed by atoms with van der Waals surface area (Å²) in [6.07, 6.45) is 1.72. The second-order valence-electron chi connectivity index (χ2n) is 9.60. The Morgan fingerprint density at radius 1 is 1.19 bits per heavy atom. The first-order chi connectivity index (χ1) is 17.8. The number of halogens is 1. The number of likely N-dealkylation sites (N-methyl/N-ethyl adjacent to an activating group) is 1. The summed E-state index contributed by atoms with van der Waals surface area (Å²) in [5.41, 5.74) is 2.94. The third-order valence-electron chi connectivity index (χ3n) is 6.75. The van der Waals surface area contributed by atoms with E-state index in [-0.39, 0.29) is 31.5 Å². The van der Waals surface area contributed by atoms with Gasteiger partial charge in [-0.05, 0) is 55.3 Å². The largest absolute Gasteiger partial charge is 0.492 e. The maximum absolute atomic E-state index is 13.5. The second kappa shape index (κ2) is 14.3. The molecule has 0 bridgehead atoms. The zero-order valence-corrected chi connectivity index (χ0v) is 22.6. The van der Waals surface area contributed by atoms with E-state index in [2.05, 4.69) is 12.2 Å². The van der Waals surface area contributed by atoms with E-state index in [9.17, 15) is 14.7 Å². The molecule has 1 amide bonds. The third kappa shape index (κ3) is 8.14. The molecule has 3 rings (SSSR count). The van der Waals surface area contributed by atoms with Gasteiger partial charge in [-0.2, -0.15) is 0 Å². The van der Waals surface area contributed by atoms with Crippen LogP contribution in [0.2, 0.25) is 5.02 Å². The van der Waals surface area contributed by atoms with Crippen molar-refractivity contribution in [1.29, 1.82) is 0 Å². The van der Waals surface area contributed by atoms with Crippen molar-refractivity contribution in [3.05, 3.63) is 76.0 Å². The standard InChI is InChI=1S/C29H37ClN2O5/c1-20(5-4-15-33)18-32-21(2)28(26(17-27(32)34)23-8-10-24(30)11-9-23)29(35)37-19-22-6-12-25(13-7-22)36-16-14-31-3/h6-13,20,26,31,33H,4-5,14-19H2,1-3H3/p+1. The van der Waals surface area contributed by atoms with Crippen LogP contribution in [-0.2, 0) is 20.9 Å². The van der Waals surface area contributed by atoms with Gasteiger partial charge < -0.3 is 19.9 Å². The Hall–Kier alpha value is -2.71. The lowest BCUT2D eigenvalue weighted by molar-refractivity contribution is -0.785. The van der Waals surface area contributed by atoms with E-state index in [0.717, 1.165) is 29.8 Å². The Kier molecular flexibility index (Phi) is 11.1. The predicted octanol–water partition coefficient (Wildman–Crippen LogP) is 3.26. The van der Waals surface area contributed by atoms with Crippen molar-refractivity contribution >= 4 is 23.5 Å². The second-order valence-corrected chi connectivity index (χ2v) is 10.0. The molecule has 2 aromatic carbocycles. The van der Waals surface area contributed by atoms with Crippen LogP contribution in [0.25, 0.3) is 0 Å². The average Bonchev–Trinajstić information content (AvgIpc) is 2.89. The summed E-state index contributed by atoms with van der Waals surface area (Å²) in [4.78, 5) is 27.4. The van der Waals surface area contributed by atoms with Crippen molar-refractivity contribution < 1.29 is 29.1 Å². The van der Waals surface area contributed by atoms with Gasteiger partial charge in [0.15, 0.2) is 0 Å². The molecule has 1 aliphatic heterocycles. The summed E-state index contributed by atoms with van der Waals surface area (Å²) in [6, 6.07) is 14.8. The SMILES string of the molecule is CNCCOc1ccc(COC(=O)C2=C(C)[NH+](CC(C)CCCO)C(=O)CC2c2ccc(Cl)cc2)cc1. The topological polar surface area (TPSA) is 89.3 Å². The number of amides is 1. The van der Waals surface area contributed by atoms with Gasteiger partial charge in [-0.25, -0.2) is 14.5 Å². The van der Waals surface area contributed by atoms with Gasteiger partial charge in [0.1, 0.15) is 30.2 Å². The minimum atomic E-state index is -0.417. The Balaban J connectivity index is 1.80. The number of hydrogen-bond donors (Lipinski definition) is 3. The fraction of sp³-hybridized carbons (Fsp3) is 0.448. The van der Waals surface area contributed by atoms with Crippen molar-refractivity contribution in [3.8, 4) is 5.75 Å². The van der Waals surface area contributed by atoms with Crippen LogP contribution >= 0.6 is 11.6 Å². The fourth-order valence-electron chi connectivity index (χ4n) is 4.66. The quantitative estimate of drug-likeness (QED) is 0.273. The molecule has 37 heavy (non-hydrogen) atoms. The molecular formula is C29H38ClN2O5+. The zero-order valence-electron chi connectivity index (χ0n) is 21.9. The summed E-state index contributed by atoms with van der Waals surface area (Å²) in [5.74, 6) is 0.224. The highest BCUT2D eigenvalue weighted by Gasteiger charge is 2.41. The molecule has 0 aliphatic carbocycles. The molecular weight excluding hydrogens is 492 g/mol. The van der Waals surface area contributed by atoms with Gasteiger partial charge in [0.05, 0.1) is 13.0 Å². The van der Waals surface area contributed by atoms with Gasteiger partial charge in [-0.15, -0.1) is 0 Å². The average molecular weight is 530 g/mol. The maximum atomic E-state index is 13.5. The van der Waals surface area contributed by atoms with E-state index < -0.39 is 11.9 Å². The van der Waals surface area contributed by atoms with Crippen molar-refractivity contribution in [2.24, 2.45) is 5.92 Å². The number of rotatable bonds is 13. The van der Waals surface area contributed by atoms with Gasteiger partial charge in [0, 0.05) is 36.9 Å². The number of carbonyl (C=O) groups excluding carboxylic acids is 2. The first-order valence-electron chi connectivity index (χ1n) is 12.8. The van der Waals surface area contributed by atoms with Crippen molar-refractivity contribution in [2.75, 3.05) is 33.4 Å². The number of quaternary nitrogens is 1. The van der Waals surface area contributed by atoms with Crippen molar-refractivity contribution in [3.63, 3.8) is 0 Å². The van der Waals surface area contributed by atoms with Crippen LogP contribution in [0.15, 0.2) is 59.8 Å². The molecule has 0 saturated carbocycles. The van der Waals surface area contributed by atoms with Crippen molar-refractivity contribution in [1.82, 2.24) is 5.32 Å². The van der Waals surface area contributed by atoms with Crippen LogP contribution in [0.5, 0.6) is 5.75 Å².